The third-order valence-electron chi connectivity index (χ3n) is 3.78. The molecule has 2 rings (SSSR count). The Hall–Kier alpha value is -3.15. The summed E-state index contributed by atoms with van der Waals surface area (Å²) in [6.45, 7) is 3.85. The maximum absolute atomic E-state index is 12.1. The van der Waals surface area contributed by atoms with Gasteiger partial charge < -0.3 is 14.8 Å². The van der Waals surface area contributed by atoms with Gasteiger partial charge in [0.1, 0.15) is 0 Å². The number of methoxy groups -OCH3 is 1. The first kappa shape index (κ1) is 19.2. The van der Waals surface area contributed by atoms with Crippen LogP contribution in [-0.4, -0.2) is 31.1 Å². The smallest absolute Gasteiger partial charge is 0.338 e. The minimum Gasteiger partial charge on any atom is -0.465 e. The highest BCUT2D eigenvalue weighted by Gasteiger charge is 2.19. The summed E-state index contributed by atoms with van der Waals surface area (Å²) in [6, 6.07) is 13.6. The Kier molecular flexibility index (Phi) is 6.49. The van der Waals surface area contributed by atoms with Crippen molar-refractivity contribution < 1.29 is 23.9 Å². The van der Waals surface area contributed by atoms with Crippen molar-refractivity contribution in [2.75, 3.05) is 7.11 Å². The van der Waals surface area contributed by atoms with E-state index in [1.54, 1.807) is 0 Å². The van der Waals surface area contributed by atoms with Gasteiger partial charge in [-0.15, -0.1) is 0 Å². The highest BCUT2D eigenvalue weighted by atomic mass is 16.5. The van der Waals surface area contributed by atoms with E-state index in [1.165, 1.54) is 38.3 Å². The Morgan fingerprint density at radius 2 is 1.46 bits per heavy atom. The largest absolute Gasteiger partial charge is 0.465 e. The molecule has 0 radical (unpaired) electrons. The number of rotatable bonds is 6. The van der Waals surface area contributed by atoms with Gasteiger partial charge in [-0.1, -0.05) is 29.8 Å². The van der Waals surface area contributed by atoms with Gasteiger partial charge in [-0.2, -0.15) is 0 Å². The predicted molar refractivity (Wildman–Crippen MR) is 95.7 cm³/mol. The average Bonchev–Trinajstić information content (AvgIpc) is 2.66. The van der Waals surface area contributed by atoms with Crippen molar-refractivity contribution >= 4 is 17.8 Å². The van der Waals surface area contributed by atoms with Crippen LogP contribution in [0.3, 0.4) is 0 Å². The molecule has 1 unspecified atom stereocenters. The lowest BCUT2D eigenvalue weighted by atomic mass is 10.1. The Labute approximate surface area is 152 Å². The highest BCUT2D eigenvalue weighted by Crippen LogP contribution is 2.09. The molecule has 0 aliphatic carbocycles. The van der Waals surface area contributed by atoms with Crippen LogP contribution in [-0.2, 0) is 20.8 Å². The van der Waals surface area contributed by atoms with Crippen LogP contribution in [0.5, 0.6) is 0 Å². The minimum atomic E-state index is -0.937. The van der Waals surface area contributed by atoms with E-state index < -0.39 is 18.0 Å². The van der Waals surface area contributed by atoms with Gasteiger partial charge in [0, 0.05) is 6.54 Å². The van der Waals surface area contributed by atoms with Crippen LogP contribution in [0.15, 0.2) is 48.5 Å². The second-order valence-corrected chi connectivity index (χ2v) is 5.82. The van der Waals surface area contributed by atoms with Crippen molar-refractivity contribution in [3.63, 3.8) is 0 Å². The Balaban J connectivity index is 1.88. The van der Waals surface area contributed by atoms with Crippen LogP contribution >= 0.6 is 0 Å². The van der Waals surface area contributed by atoms with Gasteiger partial charge in [-0.3, -0.25) is 4.79 Å². The molecular weight excluding hydrogens is 334 g/mol. The standard InChI is InChI=1S/C20H21NO5/c1-13-4-6-15(7-5-13)12-21-18(22)14(2)26-20(24)17-10-8-16(9-11-17)19(23)25-3/h4-11,14H,12H2,1-3H3,(H,21,22). The number of aryl methyl sites for hydroxylation is 1. The molecular formula is C20H21NO5. The molecule has 6 heteroatoms. The normalized spacial score (nSPS) is 11.3. The van der Waals surface area contributed by atoms with E-state index in [1.807, 2.05) is 31.2 Å². The first-order valence-corrected chi connectivity index (χ1v) is 8.13. The average molecular weight is 355 g/mol. The van der Waals surface area contributed by atoms with Gasteiger partial charge in [-0.05, 0) is 43.7 Å². The van der Waals surface area contributed by atoms with Crippen molar-refractivity contribution in [2.24, 2.45) is 0 Å². The Morgan fingerprint density at radius 3 is 2.00 bits per heavy atom. The molecule has 6 nitrogen and oxygen atoms in total. The Bertz CT molecular complexity index is 781. The number of hydrogen-bond donors (Lipinski definition) is 1. The molecule has 0 heterocycles. The van der Waals surface area contributed by atoms with Crippen LogP contribution in [0.2, 0.25) is 0 Å². The number of hydrogen-bond acceptors (Lipinski definition) is 5. The van der Waals surface area contributed by atoms with Crippen LogP contribution in [0.25, 0.3) is 0 Å². The monoisotopic (exact) mass is 355 g/mol. The molecule has 136 valence electrons. The van der Waals surface area contributed by atoms with Crippen LogP contribution < -0.4 is 5.32 Å². The van der Waals surface area contributed by atoms with Crippen LogP contribution in [0.1, 0.15) is 38.8 Å². The molecule has 1 amide bonds. The molecule has 0 aliphatic rings. The summed E-state index contributed by atoms with van der Waals surface area (Å²) in [5, 5.41) is 2.73. The molecule has 0 bridgehead atoms. The molecule has 2 aromatic carbocycles. The van der Waals surface area contributed by atoms with Gasteiger partial charge in [0.25, 0.3) is 5.91 Å². The van der Waals surface area contributed by atoms with Gasteiger partial charge in [0.15, 0.2) is 6.10 Å². The summed E-state index contributed by atoms with van der Waals surface area (Å²) >= 11 is 0. The molecule has 0 aromatic heterocycles. The van der Waals surface area contributed by atoms with E-state index in [9.17, 15) is 14.4 Å². The second-order valence-electron chi connectivity index (χ2n) is 5.82. The predicted octanol–water partition coefficient (Wildman–Crippen LogP) is 2.64. The van der Waals surface area contributed by atoms with E-state index in [-0.39, 0.29) is 11.5 Å². The summed E-state index contributed by atoms with van der Waals surface area (Å²) in [5.74, 6) is -1.52. The van der Waals surface area contributed by atoms with Gasteiger partial charge in [0.05, 0.1) is 18.2 Å². The third-order valence-corrected chi connectivity index (χ3v) is 3.78. The fourth-order valence-corrected chi connectivity index (χ4v) is 2.18. The molecule has 0 saturated heterocycles. The van der Waals surface area contributed by atoms with E-state index in [2.05, 4.69) is 10.1 Å². The molecule has 1 atom stereocenters. The third kappa shape index (κ3) is 5.17. The maximum atomic E-state index is 12.1. The Morgan fingerprint density at radius 1 is 0.923 bits per heavy atom. The number of amides is 1. The summed E-state index contributed by atoms with van der Waals surface area (Å²) in [4.78, 5) is 35.6. The topological polar surface area (TPSA) is 81.7 Å². The minimum absolute atomic E-state index is 0.246. The highest BCUT2D eigenvalue weighted by molar-refractivity contribution is 5.94. The zero-order valence-electron chi connectivity index (χ0n) is 14.9. The number of nitrogens with one attached hydrogen (secondary N) is 1. The fourth-order valence-electron chi connectivity index (χ4n) is 2.18. The van der Waals surface area contributed by atoms with Gasteiger partial charge in [-0.25, -0.2) is 9.59 Å². The zero-order valence-corrected chi connectivity index (χ0v) is 14.9. The van der Waals surface area contributed by atoms with E-state index >= 15 is 0 Å². The molecule has 0 fully saturated rings. The van der Waals surface area contributed by atoms with E-state index in [0.29, 0.717) is 12.1 Å². The summed E-state index contributed by atoms with van der Waals surface area (Å²) in [7, 11) is 1.28. The lowest BCUT2D eigenvalue weighted by Gasteiger charge is -2.14. The quantitative estimate of drug-likeness (QED) is 0.806. The van der Waals surface area contributed by atoms with Gasteiger partial charge >= 0.3 is 11.9 Å². The van der Waals surface area contributed by atoms with Crippen molar-refractivity contribution in [1.29, 1.82) is 0 Å². The summed E-state index contributed by atoms with van der Waals surface area (Å²) in [6.07, 6.45) is -0.937. The van der Waals surface area contributed by atoms with Crippen molar-refractivity contribution in [3.8, 4) is 0 Å². The lowest BCUT2D eigenvalue weighted by Crippen LogP contribution is -2.35. The first-order valence-electron chi connectivity index (χ1n) is 8.13. The van der Waals surface area contributed by atoms with Crippen molar-refractivity contribution in [1.82, 2.24) is 5.32 Å². The molecule has 0 spiro atoms. The van der Waals surface area contributed by atoms with Gasteiger partial charge in [0.2, 0.25) is 0 Å². The van der Waals surface area contributed by atoms with Crippen molar-refractivity contribution in [2.45, 2.75) is 26.5 Å². The number of esters is 2. The van der Waals surface area contributed by atoms with E-state index in [0.717, 1.165) is 11.1 Å². The summed E-state index contributed by atoms with van der Waals surface area (Å²) < 4.78 is 9.76. The SMILES string of the molecule is COC(=O)c1ccc(C(=O)OC(C)C(=O)NCc2ccc(C)cc2)cc1. The number of ether oxygens (including phenoxy) is 2. The summed E-state index contributed by atoms with van der Waals surface area (Å²) in [5.41, 5.74) is 2.67. The fraction of sp³-hybridized carbons (Fsp3) is 0.250. The van der Waals surface area contributed by atoms with Crippen molar-refractivity contribution in [3.05, 3.63) is 70.8 Å². The van der Waals surface area contributed by atoms with Crippen LogP contribution in [0.4, 0.5) is 0 Å². The molecule has 0 saturated carbocycles. The van der Waals surface area contributed by atoms with Crippen LogP contribution in [0, 0.1) is 6.92 Å². The zero-order chi connectivity index (χ0) is 19.1. The molecule has 2 aromatic rings. The second kappa shape index (κ2) is 8.80. The molecule has 0 aliphatic heterocycles. The lowest BCUT2D eigenvalue weighted by molar-refractivity contribution is -0.129. The molecule has 1 N–H and O–H groups in total. The van der Waals surface area contributed by atoms with E-state index in [4.69, 9.17) is 4.74 Å². The first-order chi connectivity index (χ1) is 12.4. The molecule has 26 heavy (non-hydrogen) atoms. The number of carbonyl (C=O) groups is 3. The number of carbonyl (C=O) groups excluding carboxylic acids is 3. The number of benzene rings is 2. The maximum Gasteiger partial charge on any atom is 0.338 e.